The van der Waals surface area contributed by atoms with Gasteiger partial charge in [0.1, 0.15) is 0 Å². The molecule has 3 rings (SSSR count). The lowest BCUT2D eigenvalue weighted by molar-refractivity contribution is 0.402. The van der Waals surface area contributed by atoms with Crippen LogP contribution in [0.2, 0.25) is 0 Å². The van der Waals surface area contributed by atoms with Crippen LogP contribution < -0.4 is 4.90 Å². The monoisotopic (exact) mass is 436 g/mol. The van der Waals surface area contributed by atoms with Crippen LogP contribution in [0.25, 0.3) is 5.57 Å². The molecule has 1 aliphatic carbocycles. The van der Waals surface area contributed by atoms with Crippen molar-refractivity contribution in [3.05, 3.63) is 56.6 Å². The second-order valence-electron chi connectivity index (χ2n) is 6.31. The highest BCUT2D eigenvalue weighted by atomic mass is 79.9. The zero-order valence-electron chi connectivity index (χ0n) is 13.6. The predicted molar refractivity (Wildman–Crippen MR) is 107 cm³/mol. The second-order valence-corrected chi connectivity index (χ2v) is 8.08. The van der Waals surface area contributed by atoms with Crippen LogP contribution in [0.5, 0.6) is 0 Å². The number of nitrogens with zero attached hydrogens (tertiary/aromatic N) is 2. The van der Waals surface area contributed by atoms with Crippen LogP contribution >= 0.6 is 31.9 Å². The number of benzene rings is 1. The van der Waals surface area contributed by atoms with Gasteiger partial charge in [0.25, 0.3) is 0 Å². The minimum absolute atomic E-state index is 1.03. The van der Waals surface area contributed by atoms with E-state index in [2.05, 4.69) is 92.3 Å². The molecule has 1 heterocycles. The van der Waals surface area contributed by atoms with E-state index in [0.29, 0.717) is 0 Å². The van der Waals surface area contributed by atoms with Crippen molar-refractivity contribution in [1.82, 2.24) is 4.90 Å². The van der Waals surface area contributed by atoms with Gasteiger partial charge in [-0.2, -0.15) is 0 Å². The molecular formula is C19H22Br2N2. The topological polar surface area (TPSA) is 6.48 Å². The molecule has 0 spiro atoms. The Bertz CT molecular complexity index is 687. The van der Waals surface area contributed by atoms with Gasteiger partial charge in [-0.15, -0.1) is 0 Å². The molecule has 4 heteroatoms. The van der Waals surface area contributed by atoms with E-state index in [0.717, 1.165) is 36.8 Å². The Morgan fingerprint density at radius 1 is 1.22 bits per heavy atom. The second kappa shape index (κ2) is 7.37. The number of fused-ring (bicyclic) bond motifs is 2. The quantitative estimate of drug-likeness (QED) is 0.608. The standard InChI is InChI=1S/C19H22Br2N2/c1-22(2)10-4-11-23-12-9-16-15(5-3-6-18(16)21)17-13-14(20)7-8-19(17)23/h6-9,12-13H,3-5,10-11H2,1-2H3. The van der Waals surface area contributed by atoms with Gasteiger partial charge in [-0.25, -0.2) is 0 Å². The van der Waals surface area contributed by atoms with E-state index in [1.54, 1.807) is 0 Å². The van der Waals surface area contributed by atoms with Gasteiger partial charge >= 0.3 is 0 Å². The van der Waals surface area contributed by atoms with E-state index in [1.807, 2.05) is 0 Å². The third-order valence-corrected chi connectivity index (χ3v) is 5.56. The summed E-state index contributed by atoms with van der Waals surface area (Å²) in [5, 5.41) is 0. The first-order chi connectivity index (χ1) is 11.1. The highest BCUT2D eigenvalue weighted by molar-refractivity contribution is 9.12. The van der Waals surface area contributed by atoms with Crippen LogP contribution in [-0.2, 0) is 0 Å². The fourth-order valence-electron chi connectivity index (χ4n) is 3.19. The van der Waals surface area contributed by atoms with Crippen molar-refractivity contribution in [3.8, 4) is 0 Å². The van der Waals surface area contributed by atoms with E-state index in [1.165, 1.54) is 26.9 Å². The summed E-state index contributed by atoms with van der Waals surface area (Å²) in [6, 6.07) is 6.65. The Morgan fingerprint density at radius 2 is 2.04 bits per heavy atom. The zero-order chi connectivity index (χ0) is 16.4. The van der Waals surface area contributed by atoms with Gasteiger partial charge in [0.05, 0.1) is 0 Å². The molecule has 1 aliphatic heterocycles. The molecule has 0 bridgehead atoms. The van der Waals surface area contributed by atoms with Crippen LogP contribution in [0.15, 0.2) is 51.1 Å². The maximum Gasteiger partial charge on any atom is 0.0483 e. The van der Waals surface area contributed by atoms with Crippen molar-refractivity contribution in [2.75, 3.05) is 32.1 Å². The van der Waals surface area contributed by atoms with Crippen molar-refractivity contribution in [2.45, 2.75) is 19.3 Å². The highest BCUT2D eigenvalue weighted by Crippen LogP contribution is 2.42. The summed E-state index contributed by atoms with van der Waals surface area (Å²) in [5.41, 5.74) is 5.44. The van der Waals surface area contributed by atoms with Crippen LogP contribution in [0.4, 0.5) is 5.69 Å². The number of hydrogen-bond donors (Lipinski definition) is 0. The van der Waals surface area contributed by atoms with E-state index in [-0.39, 0.29) is 0 Å². The molecule has 0 unspecified atom stereocenters. The number of allylic oxidation sites excluding steroid dienone is 5. The fraction of sp³-hybridized carbons (Fsp3) is 0.368. The van der Waals surface area contributed by atoms with Crippen LogP contribution in [-0.4, -0.2) is 32.1 Å². The summed E-state index contributed by atoms with van der Waals surface area (Å²) in [6.07, 6.45) is 10.1. The number of rotatable bonds is 4. The van der Waals surface area contributed by atoms with Crippen molar-refractivity contribution in [3.63, 3.8) is 0 Å². The fourth-order valence-corrected chi connectivity index (χ4v) is 4.15. The lowest BCUT2D eigenvalue weighted by Crippen LogP contribution is -2.23. The number of anilines is 1. The third kappa shape index (κ3) is 3.81. The lowest BCUT2D eigenvalue weighted by atomic mass is 9.91. The first-order valence-electron chi connectivity index (χ1n) is 8.05. The molecule has 0 saturated carbocycles. The number of hydrogen-bond acceptors (Lipinski definition) is 2. The molecular weight excluding hydrogens is 416 g/mol. The Balaban J connectivity index is 1.98. The number of halogens is 2. The average Bonchev–Trinajstić information content (AvgIpc) is 2.66. The maximum absolute atomic E-state index is 3.74. The molecule has 0 radical (unpaired) electrons. The van der Waals surface area contributed by atoms with Gasteiger partial charge in [0, 0.05) is 33.0 Å². The van der Waals surface area contributed by atoms with Gasteiger partial charge in [-0.1, -0.05) is 37.9 Å². The van der Waals surface area contributed by atoms with Crippen LogP contribution in [0.1, 0.15) is 24.8 Å². The molecule has 2 nitrogen and oxygen atoms in total. The normalized spacial score (nSPS) is 17.1. The summed E-state index contributed by atoms with van der Waals surface area (Å²) >= 11 is 7.39. The predicted octanol–water partition coefficient (Wildman–Crippen LogP) is 5.56. The van der Waals surface area contributed by atoms with Crippen LogP contribution in [0.3, 0.4) is 0 Å². The Labute approximate surface area is 155 Å². The van der Waals surface area contributed by atoms with Gasteiger partial charge in [0.2, 0.25) is 0 Å². The molecule has 1 aromatic rings. The first-order valence-corrected chi connectivity index (χ1v) is 9.63. The summed E-state index contributed by atoms with van der Waals surface area (Å²) in [5.74, 6) is 0. The molecule has 0 atom stereocenters. The third-order valence-electron chi connectivity index (χ3n) is 4.32. The van der Waals surface area contributed by atoms with Crippen molar-refractivity contribution >= 4 is 43.1 Å². The Kier molecular flexibility index (Phi) is 5.45. The van der Waals surface area contributed by atoms with Gasteiger partial charge in [-0.3, -0.25) is 0 Å². The minimum Gasteiger partial charge on any atom is -0.347 e. The van der Waals surface area contributed by atoms with E-state index >= 15 is 0 Å². The van der Waals surface area contributed by atoms with Gasteiger partial charge in [0.15, 0.2) is 0 Å². The van der Waals surface area contributed by atoms with Crippen LogP contribution in [0, 0.1) is 0 Å². The largest absolute Gasteiger partial charge is 0.347 e. The molecule has 0 N–H and O–H groups in total. The summed E-state index contributed by atoms with van der Waals surface area (Å²) in [4.78, 5) is 4.64. The van der Waals surface area contributed by atoms with Crippen molar-refractivity contribution < 1.29 is 0 Å². The Hall–Kier alpha value is -0.840. The summed E-state index contributed by atoms with van der Waals surface area (Å²) in [7, 11) is 4.26. The van der Waals surface area contributed by atoms with Gasteiger partial charge < -0.3 is 9.80 Å². The first kappa shape index (κ1) is 17.0. The van der Waals surface area contributed by atoms with E-state index < -0.39 is 0 Å². The molecule has 0 aromatic heterocycles. The SMILES string of the molecule is CN(C)CCCN1C=CC2=C(CCC=C2Br)c2cc(Br)ccc21. The summed E-state index contributed by atoms with van der Waals surface area (Å²) < 4.78 is 2.36. The molecule has 2 aliphatic rings. The van der Waals surface area contributed by atoms with E-state index in [4.69, 9.17) is 0 Å². The highest BCUT2D eigenvalue weighted by Gasteiger charge is 2.21. The average molecular weight is 438 g/mol. The van der Waals surface area contributed by atoms with Crippen molar-refractivity contribution in [1.29, 1.82) is 0 Å². The Morgan fingerprint density at radius 3 is 2.83 bits per heavy atom. The molecule has 0 amide bonds. The zero-order valence-corrected chi connectivity index (χ0v) is 16.8. The molecule has 23 heavy (non-hydrogen) atoms. The van der Waals surface area contributed by atoms with Gasteiger partial charge in [-0.05, 0) is 75.3 Å². The molecule has 122 valence electrons. The summed E-state index contributed by atoms with van der Waals surface area (Å²) in [6.45, 7) is 2.14. The minimum atomic E-state index is 1.03. The molecule has 1 aromatic carbocycles. The van der Waals surface area contributed by atoms with E-state index in [9.17, 15) is 0 Å². The maximum atomic E-state index is 3.74. The molecule has 0 fully saturated rings. The van der Waals surface area contributed by atoms with Crippen molar-refractivity contribution in [2.24, 2.45) is 0 Å². The lowest BCUT2D eigenvalue weighted by Gasteiger charge is -2.24. The molecule has 0 saturated heterocycles. The smallest absolute Gasteiger partial charge is 0.0483 e.